The van der Waals surface area contributed by atoms with Gasteiger partial charge in [0.05, 0.1) is 3.57 Å². The molecular weight excluding hydrogens is 423 g/mol. The molecule has 0 saturated heterocycles. The highest BCUT2D eigenvalue weighted by atomic mass is 127. The number of hydrogen-bond acceptors (Lipinski definition) is 3. The molecule has 0 radical (unpaired) electrons. The molecule has 1 amide bonds. The molecule has 4 N–H and O–H groups in total. The Morgan fingerprint density at radius 3 is 2.63 bits per heavy atom. The molecule has 0 aromatic heterocycles. The van der Waals surface area contributed by atoms with E-state index in [1.807, 2.05) is 22.6 Å². The highest BCUT2D eigenvalue weighted by molar-refractivity contribution is 14.1. The first-order chi connectivity index (χ1) is 8.97. The summed E-state index contributed by atoms with van der Waals surface area (Å²) in [7, 11) is 0. The standard InChI is InChI=1S/C13H10BrIN2O2/c14-9-6-8(2-4-11(9)16)17-13(19)7-1-3-10(15)12(18)5-7/h1-6,18H,16H2,(H,17,19). The van der Waals surface area contributed by atoms with Gasteiger partial charge in [0.15, 0.2) is 0 Å². The number of nitrogens with two attached hydrogens (primary N) is 1. The number of hydrogen-bond donors (Lipinski definition) is 3. The molecule has 0 fully saturated rings. The topological polar surface area (TPSA) is 75.3 Å². The van der Waals surface area contributed by atoms with Crippen LogP contribution in [0.1, 0.15) is 10.4 Å². The highest BCUT2D eigenvalue weighted by Gasteiger charge is 2.09. The van der Waals surface area contributed by atoms with Crippen molar-refractivity contribution in [3.8, 4) is 5.75 Å². The Hall–Kier alpha value is -1.28. The van der Waals surface area contributed by atoms with Gasteiger partial charge >= 0.3 is 0 Å². The monoisotopic (exact) mass is 432 g/mol. The quantitative estimate of drug-likeness (QED) is 0.501. The van der Waals surface area contributed by atoms with E-state index in [1.54, 1.807) is 30.3 Å². The molecule has 2 aromatic carbocycles. The lowest BCUT2D eigenvalue weighted by molar-refractivity contribution is 0.102. The fourth-order valence-corrected chi connectivity index (χ4v) is 2.18. The number of rotatable bonds is 2. The van der Waals surface area contributed by atoms with Crippen molar-refractivity contribution < 1.29 is 9.90 Å². The lowest BCUT2D eigenvalue weighted by atomic mass is 10.2. The van der Waals surface area contributed by atoms with Gasteiger partial charge < -0.3 is 16.2 Å². The number of aromatic hydroxyl groups is 1. The number of benzene rings is 2. The number of carbonyl (C=O) groups is 1. The number of nitrogen functional groups attached to an aromatic ring is 1. The highest BCUT2D eigenvalue weighted by Crippen LogP contribution is 2.24. The van der Waals surface area contributed by atoms with Crippen LogP contribution >= 0.6 is 38.5 Å². The summed E-state index contributed by atoms with van der Waals surface area (Å²) in [6.45, 7) is 0. The number of halogens is 2. The van der Waals surface area contributed by atoms with Crippen molar-refractivity contribution in [2.45, 2.75) is 0 Å². The number of nitrogens with one attached hydrogen (secondary N) is 1. The normalized spacial score (nSPS) is 10.2. The van der Waals surface area contributed by atoms with E-state index in [1.165, 1.54) is 6.07 Å². The number of phenols is 1. The Morgan fingerprint density at radius 2 is 2.00 bits per heavy atom. The molecular formula is C13H10BrIN2O2. The van der Waals surface area contributed by atoms with Crippen LogP contribution in [0.15, 0.2) is 40.9 Å². The summed E-state index contributed by atoms with van der Waals surface area (Å²) in [5.41, 5.74) is 7.30. The molecule has 0 bridgehead atoms. The Labute approximate surface area is 132 Å². The van der Waals surface area contributed by atoms with Gasteiger partial charge in [0.25, 0.3) is 5.91 Å². The zero-order valence-corrected chi connectivity index (χ0v) is 13.4. The average Bonchev–Trinajstić information content (AvgIpc) is 2.37. The predicted molar refractivity (Wildman–Crippen MR) is 87.3 cm³/mol. The minimum absolute atomic E-state index is 0.0896. The van der Waals surface area contributed by atoms with Gasteiger partial charge in [-0.25, -0.2) is 0 Å². The van der Waals surface area contributed by atoms with Crippen molar-refractivity contribution in [3.05, 3.63) is 50.0 Å². The van der Waals surface area contributed by atoms with Gasteiger partial charge in [-0.1, -0.05) is 0 Å². The zero-order valence-electron chi connectivity index (χ0n) is 9.65. The second-order valence-electron chi connectivity index (χ2n) is 3.86. The van der Waals surface area contributed by atoms with E-state index in [4.69, 9.17) is 5.73 Å². The van der Waals surface area contributed by atoms with Crippen molar-refractivity contribution in [3.63, 3.8) is 0 Å². The number of anilines is 2. The van der Waals surface area contributed by atoms with Crippen molar-refractivity contribution in [1.29, 1.82) is 0 Å². The molecule has 0 saturated carbocycles. The molecule has 6 heteroatoms. The number of amides is 1. The third-order valence-electron chi connectivity index (χ3n) is 2.47. The Bertz CT molecular complexity index is 647. The van der Waals surface area contributed by atoms with Gasteiger partial charge in [0.1, 0.15) is 5.75 Å². The van der Waals surface area contributed by atoms with Crippen molar-refractivity contribution in [2.24, 2.45) is 0 Å². The van der Waals surface area contributed by atoms with Crippen LogP contribution in [0.3, 0.4) is 0 Å². The Balaban J connectivity index is 2.20. The molecule has 0 atom stereocenters. The van der Waals surface area contributed by atoms with Crippen molar-refractivity contribution >= 4 is 55.8 Å². The first kappa shape index (κ1) is 14.1. The fraction of sp³-hybridized carbons (Fsp3) is 0. The zero-order chi connectivity index (χ0) is 14.0. The van der Waals surface area contributed by atoms with Gasteiger partial charge in [-0.05, 0) is 74.9 Å². The van der Waals surface area contributed by atoms with Gasteiger partial charge in [0, 0.05) is 21.4 Å². The second-order valence-corrected chi connectivity index (χ2v) is 5.87. The average molecular weight is 433 g/mol. The number of phenolic OH excluding ortho intramolecular Hbond substituents is 1. The van der Waals surface area contributed by atoms with E-state index < -0.39 is 0 Å². The maximum Gasteiger partial charge on any atom is 0.255 e. The minimum atomic E-state index is -0.289. The third kappa shape index (κ3) is 3.38. The van der Waals surface area contributed by atoms with E-state index in [2.05, 4.69) is 21.2 Å². The second kappa shape index (κ2) is 5.79. The molecule has 2 rings (SSSR count). The first-order valence-electron chi connectivity index (χ1n) is 5.32. The molecule has 2 aromatic rings. The molecule has 19 heavy (non-hydrogen) atoms. The van der Waals surface area contributed by atoms with E-state index in [0.717, 1.165) is 4.47 Å². The molecule has 0 aliphatic carbocycles. The first-order valence-corrected chi connectivity index (χ1v) is 7.19. The largest absolute Gasteiger partial charge is 0.507 e. The van der Waals surface area contributed by atoms with E-state index in [9.17, 15) is 9.90 Å². The molecule has 0 aliphatic heterocycles. The Morgan fingerprint density at radius 1 is 1.26 bits per heavy atom. The summed E-state index contributed by atoms with van der Waals surface area (Å²) >= 11 is 5.29. The van der Waals surface area contributed by atoms with Gasteiger partial charge in [0.2, 0.25) is 0 Å². The van der Waals surface area contributed by atoms with E-state index in [-0.39, 0.29) is 11.7 Å². The van der Waals surface area contributed by atoms with E-state index >= 15 is 0 Å². The summed E-state index contributed by atoms with van der Waals surface area (Å²) in [6, 6.07) is 9.91. The minimum Gasteiger partial charge on any atom is -0.507 e. The summed E-state index contributed by atoms with van der Waals surface area (Å²) in [4.78, 5) is 12.0. The summed E-state index contributed by atoms with van der Waals surface area (Å²) in [6.07, 6.45) is 0. The fourth-order valence-electron chi connectivity index (χ4n) is 1.46. The van der Waals surface area contributed by atoms with Crippen LogP contribution in [0.5, 0.6) is 5.75 Å². The van der Waals surface area contributed by atoms with Crippen LogP contribution in [0, 0.1) is 3.57 Å². The van der Waals surface area contributed by atoms with Gasteiger partial charge in [-0.15, -0.1) is 0 Å². The lowest BCUT2D eigenvalue weighted by Crippen LogP contribution is -2.11. The molecule has 0 spiro atoms. The van der Waals surface area contributed by atoms with Crippen LogP contribution in [-0.2, 0) is 0 Å². The molecule has 4 nitrogen and oxygen atoms in total. The summed E-state index contributed by atoms with van der Waals surface area (Å²) in [5, 5.41) is 12.3. The summed E-state index contributed by atoms with van der Waals surface area (Å²) in [5.74, 6) is -0.199. The summed E-state index contributed by atoms with van der Waals surface area (Å²) < 4.78 is 1.42. The Kier molecular flexibility index (Phi) is 4.31. The van der Waals surface area contributed by atoms with Gasteiger partial charge in [-0.3, -0.25) is 4.79 Å². The van der Waals surface area contributed by atoms with Crippen LogP contribution in [0.4, 0.5) is 11.4 Å². The third-order valence-corrected chi connectivity index (χ3v) is 4.07. The van der Waals surface area contributed by atoms with Crippen LogP contribution in [0.25, 0.3) is 0 Å². The maximum absolute atomic E-state index is 12.0. The van der Waals surface area contributed by atoms with Crippen LogP contribution < -0.4 is 11.1 Å². The van der Waals surface area contributed by atoms with E-state index in [0.29, 0.717) is 20.5 Å². The smallest absolute Gasteiger partial charge is 0.255 e. The van der Waals surface area contributed by atoms with Gasteiger partial charge in [-0.2, -0.15) is 0 Å². The SMILES string of the molecule is Nc1ccc(NC(=O)c2ccc(I)c(O)c2)cc1Br. The molecule has 98 valence electrons. The molecule has 0 unspecified atom stereocenters. The predicted octanol–water partition coefficient (Wildman–Crippen LogP) is 3.59. The number of carbonyl (C=O) groups excluding carboxylic acids is 1. The lowest BCUT2D eigenvalue weighted by Gasteiger charge is -2.07. The van der Waals surface area contributed by atoms with Crippen molar-refractivity contribution in [2.75, 3.05) is 11.1 Å². The van der Waals surface area contributed by atoms with Crippen LogP contribution in [-0.4, -0.2) is 11.0 Å². The van der Waals surface area contributed by atoms with Crippen molar-refractivity contribution in [1.82, 2.24) is 0 Å². The van der Waals surface area contributed by atoms with Crippen LogP contribution in [0.2, 0.25) is 0 Å². The molecule has 0 aliphatic rings. The molecule has 0 heterocycles. The maximum atomic E-state index is 12.0.